The number of anilines is 2. The van der Waals surface area contributed by atoms with E-state index in [1.165, 1.54) is 4.70 Å². The van der Waals surface area contributed by atoms with Gasteiger partial charge in [0.2, 0.25) is 11.8 Å². The van der Waals surface area contributed by atoms with Gasteiger partial charge in [0.05, 0.1) is 16.8 Å². The Bertz CT molecular complexity index is 896. The molecule has 1 aromatic carbocycles. The summed E-state index contributed by atoms with van der Waals surface area (Å²) in [5.74, 6) is 0.970. The Balaban J connectivity index is 1.29. The molecule has 27 heavy (non-hydrogen) atoms. The number of aromatic nitrogens is 3. The Morgan fingerprint density at radius 3 is 2.78 bits per heavy atom. The highest BCUT2D eigenvalue weighted by Crippen LogP contribution is 2.31. The van der Waals surface area contributed by atoms with E-state index in [4.69, 9.17) is 9.51 Å². The molecule has 1 saturated heterocycles. The van der Waals surface area contributed by atoms with Crippen LogP contribution in [0.2, 0.25) is 0 Å². The van der Waals surface area contributed by atoms with Crippen LogP contribution in [-0.4, -0.2) is 48.2 Å². The topological polar surface area (TPSA) is 87.4 Å². The third-order valence-corrected chi connectivity index (χ3v) is 5.79. The van der Waals surface area contributed by atoms with Gasteiger partial charge in [0.25, 0.3) is 5.95 Å². The van der Waals surface area contributed by atoms with Crippen LogP contribution in [0.3, 0.4) is 0 Å². The van der Waals surface area contributed by atoms with E-state index in [0.29, 0.717) is 11.8 Å². The first kappa shape index (κ1) is 17.7. The third-order valence-electron chi connectivity index (χ3n) is 4.69. The number of hydrogen-bond donors (Lipinski definition) is 1. The molecule has 1 aliphatic rings. The lowest BCUT2D eigenvalue weighted by Gasteiger charge is -2.30. The Morgan fingerprint density at radius 2 is 2.07 bits per heavy atom. The first-order valence-electron chi connectivity index (χ1n) is 8.98. The van der Waals surface area contributed by atoms with E-state index in [9.17, 15) is 4.79 Å². The molecule has 2 aromatic heterocycles. The normalized spacial score (nSPS) is 15.3. The van der Waals surface area contributed by atoms with E-state index in [2.05, 4.69) is 26.4 Å². The van der Waals surface area contributed by atoms with E-state index in [1.54, 1.807) is 16.2 Å². The van der Waals surface area contributed by atoms with Crippen molar-refractivity contribution in [3.63, 3.8) is 0 Å². The number of nitrogens with one attached hydrogen (secondary N) is 1. The molecular formula is C18H22N6O2S. The Hall–Kier alpha value is -2.68. The highest BCUT2D eigenvalue weighted by molar-refractivity contribution is 7.22. The molecule has 0 atom stereocenters. The fourth-order valence-electron chi connectivity index (χ4n) is 3.13. The summed E-state index contributed by atoms with van der Waals surface area (Å²) in [6.07, 6.45) is 1.63. The predicted octanol–water partition coefficient (Wildman–Crippen LogP) is 2.28. The maximum absolute atomic E-state index is 12.5. The zero-order chi connectivity index (χ0) is 18.8. The zero-order valence-corrected chi connectivity index (χ0v) is 16.2. The van der Waals surface area contributed by atoms with Crippen LogP contribution in [0.1, 0.15) is 18.7 Å². The molecule has 1 fully saturated rings. The fourth-order valence-corrected chi connectivity index (χ4v) is 4.15. The average molecular weight is 386 g/mol. The number of rotatable bonds is 5. The van der Waals surface area contributed by atoms with Gasteiger partial charge in [-0.1, -0.05) is 23.5 Å². The molecule has 8 nitrogen and oxygen atoms in total. The van der Waals surface area contributed by atoms with Gasteiger partial charge >= 0.3 is 0 Å². The smallest absolute Gasteiger partial charge is 0.265 e. The number of hydrogen-bond acceptors (Lipinski definition) is 8. The first-order chi connectivity index (χ1) is 13.1. The number of thiazole rings is 1. The maximum atomic E-state index is 12.5. The van der Waals surface area contributed by atoms with E-state index < -0.39 is 0 Å². The van der Waals surface area contributed by atoms with Crippen molar-refractivity contribution in [2.75, 3.05) is 37.0 Å². The number of nitrogens with zero attached hydrogens (tertiary/aromatic N) is 5. The van der Waals surface area contributed by atoms with Crippen LogP contribution in [0, 0.1) is 5.92 Å². The number of carbonyl (C=O) groups is 1. The Labute approximate surface area is 161 Å². The lowest BCUT2D eigenvalue weighted by Crippen LogP contribution is -2.40. The molecule has 9 heteroatoms. The predicted molar refractivity (Wildman–Crippen MR) is 105 cm³/mol. The van der Waals surface area contributed by atoms with Crippen molar-refractivity contribution in [1.29, 1.82) is 0 Å². The van der Waals surface area contributed by atoms with E-state index in [-0.39, 0.29) is 18.4 Å². The largest absolute Gasteiger partial charge is 0.348 e. The zero-order valence-electron chi connectivity index (χ0n) is 15.4. The summed E-state index contributed by atoms with van der Waals surface area (Å²) in [6.45, 7) is 1.93. The van der Waals surface area contributed by atoms with Crippen molar-refractivity contribution in [3.8, 4) is 0 Å². The van der Waals surface area contributed by atoms with Crippen molar-refractivity contribution in [2.24, 2.45) is 5.92 Å². The van der Waals surface area contributed by atoms with E-state index >= 15 is 0 Å². The van der Waals surface area contributed by atoms with Crippen LogP contribution in [0.5, 0.6) is 0 Å². The van der Waals surface area contributed by atoms with Crippen molar-refractivity contribution in [1.82, 2.24) is 20.4 Å². The highest BCUT2D eigenvalue weighted by atomic mass is 32.1. The lowest BCUT2D eigenvalue weighted by atomic mass is 9.96. The van der Waals surface area contributed by atoms with Crippen molar-refractivity contribution in [2.45, 2.75) is 19.4 Å². The van der Waals surface area contributed by atoms with Gasteiger partial charge in [-0.05, 0) is 30.1 Å². The number of carbonyl (C=O) groups excluding carboxylic acids is 1. The van der Waals surface area contributed by atoms with Crippen LogP contribution in [-0.2, 0) is 11.3 Å². The standard InChI is InChI=1S/C18H22N6O2S/c1-23(2)17-21-15(26-22-17)11-19-16(25)12-7-9-24(10-8-12)18-20-13-5-3-4-6-14(13)27-18/h3-6,12H,7-11H2,1-2H3,(H,19,25). The van der Waals surface area contributed by atoms with Crippen molar-refractivity contribution >= 4 is 38.5 Å². The summed E-state index contributed by atoms with van der Waals surface area (Å²) >= 11 is 1.71. The van der Waals surface area contributed by atoms with Gasteiger partial charge in [-0.25, -0.2) is 4.98 Å². The summed E-state index contributed by atoms with van der Waals surface area (Å²) in [6, 6.07) is 8.17. The summed E-state index contributed by atoms with van der Waals surface area (Å²) in [7, 11) is 3.68. The first-order valence-corrected chi connectivity index (χ1v) is 9.80. The number of para-hydroxylation sites is 1. The van der Waals surface area contributed by atoms with Crippen LogP contribution in [0.15, 0.2) is 28.8 Å². The second-order valence-electron chi connectivity index (χ2n) is 6.83. The SMILES string of the molecule is CN(C)c1noc(CNC(=O)C2CCN(c3nc4ccccc4s3)CC2)n1. The second kappa shape index (κ2) is 7.51. The fraction of sp³-hybridized carbons (Fsp3) is 0.444. The molecule has 3 aromatic rings. The quantitative estimate of drug-likeness (QED) is 0.720. The van der Waals surface area contributed by atoms with Gasteiger partial charge in [0.1, 0.15) is 0 Å². The molecule has 0 unspecified atom stereocenters. The maximum Gasteiger partial charge on any atom is 0.265 e. The molecule has 3 heterocycles. The molecule has 1 N–H and O–H groups in total. The van der Waals surface area contributed by atoms with Crippen molar-refractivity contribution < 1.29 is 9.32 Å². The number of benzene rings is 1. The number of amides is 1. The van der Waals surface area contributed by atoms with Gasteiger partial charge in [0, 0.05) is 33.1 Å². The minimum Gasteiger partial charge on any atom is -0.348 e. The molecule has 0 bridgehead atoms. The molecule has 0 saturated carbocycles. The Morgan fingerprint density at radius 1 is 1.30 bits per heavy atom. The monoisotopic (exact) mass is 386 g/mol. The highest BCUT2D eigenvalue weighted by Gasteiger charge is 2.26. The minimum atomic E-state index is 0.00636. The minimum absolute atomic E-state index is 0.00636. The Kier molecular flexibility index (Phi) is 4.93. The molecular weight excluding hydrogens is 364 g/mol. The molecule has 4 rings (SSSR count). The number of fused-ring (bicyclic) bond motifs is 1. The van der Waals surface area contributed by atoms with Crippen molar-refractivity contribution in [3.05, 3.63) is 30.2 Å². The van der Waals surface area contributed by atoms with E-state index in [0.717, 1.165) is 36.6 Å². The summed E-state index contributed by atoms with van der Waals surface area (Å²) in [4.78, 5) is 25.4. The summed E-state index contributed by atoms with van der Waals surface area (Å²) < 4.78 is 6.33. The van der Waals surface area contributed by atoms with Crippen LogP contribution in [0.4, 0.5) is 11.1 Å². The van der Waals surface area contributed by atoms with Gasteiger partial charge in [0.15, 0.2) is 5.13 Å². The van der Waals surface area contributed by atoms with Crippen LogP contribution >= 0.6 is 11.3 Å². The summed E-state index contributed by atoms with van der Waals surface area (Å²) in [5, 5.41) is 7.79. The average Bonchev–Trinajstić information content (AvgIpc) is 3.33. The molecule has 0 aliphatic carbocycles. The molecule has 0 radical (unpaired) electrons. The molecule has 1 aliphatic heterocycles. The van der Waals surface area contributed by atoms with Crippen LogP contribution < -0.4 is 15.1 Å². The lowest BCUT2D eigenvalue weighted by molar-refractivity contribution is -0.125. The van der Waals surface area contributed by atoms with Gasteiger partial charge in [-0.2, -0.15) is 4.98 Å². The third kappa shape index (κ3) is 3.87. The number of piperidine rings is 1. The molecule has 0 spiro atoms. The summed E-state index contributed by atoms with van der Waals surface area (Å²) in [5.41, 5.74) is 1.04. The molecule has 1 amide bonds. The van der Waals surface area contributed by atoms with E-state index in [1.807, 2.05) is 32.3 Å². The second-order valence-corrected chi connectivity index (χ2v) is 7.83. The van der Waals surface area contributed by atoms with Gasteiger partial charge in [-0.15, -0.1) is 0 Å². The van der Waals surface area contributed by atoms with Gasteiger partial charge in [-0.3, -0.25) is 4.79 Å². The van der Waals surface area contributed by atoms with Gasteiger partial charge < -0.3 is 19.6 Å². The molecule has 142 valence electrons. The van der Waals surface area contributed by atoms with Crippen LogP contribution in [0.25, 0.3) is 10.2 Å².